The molecule has 19 heavy (non-hydrogen) atoms. The number of hydrogen-bond donors (Lipinski definition) is 3. The Kier molecular flexibility index (Phi) is 3.87. The predicted molar refractivity (Wildman–Crippen MR) is 69.8 cm³/mol. The number of carbonyl (C=O) groups excluding carboxylic acids is 1. The maximum atomic E-state index is 11.6. The standard InChI is InChI=1S/C12H13N5O2/c1-8-10(12(19)17-15-8)5-11(18)16-14-7-9-3-2-4-13-6-9/h2-4,6-7H,5H2,1H3,(H,16,18)(H2,15,17,19). The minimum Gasteiger partial charge on any atom is -0.302 e. The molecule has 0 saturated carbocycles. The van der Waals surface area contributed by atoms with Gasteiger partial charge in [-0.25, -0.2) is 5.43 Å². The number of nitrogens with zero attached hydrogens (tertiary/aromatic N) is 2. The lowest BCUT2D eigenvalue weighted by molar-refractivity contribution is -0.120. The smallest absolute Gasteiger partial charge is 0.267 e. The molecule has 2 aromatic heterocycles. The van der Waals surface area contributed by atoms with E-state index in [9.17, 15) is 9.59 Å². The molecule has 0 atom stereocenters. The molecule has 0 spiro atoms. The summed E-state index contributed by atoms with van der Waals surface area (Å²) in [5.41, 5.74) is 3.91. The van der Waals surface area contributed by atoms with Crippen LogP contribution < -0.4 is 11.0 Å². The zero-order chi connectivity index (χ0) is 13.7. The summed E-state index contributed by atoms with van der Waals surface area (Å²) in [5, 5.41) is 8.87. The van der Waals surface area contributed by atoms with Gasteiger partial charge in [-0.2, -0.15) is 5.10 Å². The van der Waals surface area contributed by atoms with Gasteiger partial charge in [-0.05, 0) is 13.0 Å². The monoisotopic (exact) mass is 259 g/mol. The Bertz CT molecular complexity index is 642. The Morgan fingerprint density at radius 1 is 1.53 bits per heavy atom. The average Bonchev–Trinajstić information content (AvgIpc) is 2.72. The Balaban J connectivity index is 1.92. The normalized spacial score (nSPS) is 10.8. The third-order valence-electron chi connectivity index (χ3n) is 2.51. The van der Waals surface area contributed by atoms with Gasteiger partial charge in [0.2, 0.25) is 5.91 Å². The molecule has 2 rings (SSSR count). The maximum Gasteiger partial charge on any atom is 0.267 e. The molecule has 3 N–H and O–H groups in total. The lowest BCUT2D eigenvalue weighted by atomic mass is 10.2. The summed E-state index contributed by atoms with van der Waals surface area (Å²) in [6.07, 6.45) is 4.74. The minimum absolute atomic E-state index is 0.0188. The van der Waals surface area contributed by atoms with Crippen molar-refractivity contribution in [1.82, 2.24) is 20.6 Å². The van der Waals surface area contributed by atoms with E-state index < -0.39 is 0 Å². The van der Waals surface area contributed by atoms with E-state index in [-0.39, 0.29) is 17.9 Å². The van der Waals surface area contributed by atoms with Crippen molar-refractivity contribution in [3.05, 3.63) is 51.7 Å². The van der Waals surface area contributed by atoms with Gasteiger partial charge >= 0.3 is 0 Å². The molecule has 0 aliphatic rings. The first-order valence-corrected chi connectivity index (χ1v) is 5.65. The van der Waals surface area contributed by atoms with Crippen LogP contribution in [0.1, 0.15) is 16.8 Å². The van der Waals surface area contributed by atoms with Gasteiger partial charge in [0, 0.05) is 29.2 Å². The summed E-state index contributed by atoms with van der Waals surface area (Å²) in [6, 6.07) is 3.58. The SMILES string of the molecule is Cc1[nH][nH]c(=O)c1CC(=O)NN=Cc1cccnc1. The number of amides is 1. The van der Waals surface area contributed by atoms with E-state index in [1.807, 2.05) is 6.07 Å². The van der Waals surface area contributed by atoms with Crippen molar-refractivity contribution >= 4 is 12.1 Å². The van der Waals surface area contributed by atoms with Gasteiger partial charge in [0.15, 0.2) is 0 Å². The van der Waals surface area contributed by atoms with Gasteiger partial charge in [-0.3, -0.25) is 19.7 Å². The molecule has 1 amide bonds. The van der Waals surface area contributed by atoms with Crippen molar-refractivity contribution in [3.8, 4) is 0 Å². The number of rotatable bonds is 4. The minimum atomic E-state index is -0.353. The molecule has 0 fully saturated rings. The number of hydrazone groups is 1. The molecule has 0 bridgehead atoms. The summed E-state index contributed by atoms with van der Waals surface area (Å²) < 4.78 is 0. The molecule has 7 nitrogen and oxygen atoms in total. The first-order valence-electron chi connectivity index (χ1n) is 5.65. The number of aryl methyl sites for hydroxylation is 1. The van der Waals surface area contributed by atoms with Crippen LogP contribution in [0.2, 0.25) is 0 Å². The number of pyridine rings is 1. The van der Waals surface area contributed by atoms with E-state index in [1.54, 1.807) is 25.4 Å². The van der Waals surface area contributed by atoms with Crippen LogP contribution in [0.3, 0.4) is 0 Å². The first kappa shape index (κ1) is 12.7. The molecule has 98 valence electrons. The molecule has 2 heterocycles. The van der Waals surface area contributed by atoms with E-state index in [0.29, 0.717) is 11.3 Å². The van der Waals surface area contributed by atoms with Crippen LogP contribution in [0.5, 0.6) is 0 Å². The summed E-state index contributed by atoms with van der Waals surface area (Å²) in [6.45, 7) is 1.72. The summed E-state index contributed by atoms with van der Waals surface area (Å²) in [5.74, 6) is -0.353. The molecule has 0 radical (unpaired) electrons. The number of carbonyl (C=O) groups is 1. The average molecular weight is 259 g/mol. The quantitative estimate of drug-likeness (QED) is 0.536. The fraction of sp³-hybridized carbons (Fsp3) is 0.167. The predicted octanol–water partition coefficient (Wildman–Crippen LogP) is 0.0992. The largest absolute Gasteiger partial charge is 0.302 e. The Hall–Kier alpha value is -2.70. The molecule has 0 unspecified atom stereocenters. The lowest BCUT2D eigenvalue weighted by Gasteiger charge is -1.98. The zero-order valence-corrected chi connectivity index (χ0v) is 10.3. The maximum absolute atomic E-state index is 11.6. The lowest BCUT2D eigenvalue weighted by Crippen LogP contribution is -2.23. The van der Waals surface area contributed by atoms with Crippen molar-refractivity contribution < 1.29 is 4.79 Å². The number of aromatic nitrogens is 3. The summed E-state index contributed by atoms with van der Waals surface area (Å²) in [7, 11) is 0. The molecular formula is C12H13N5O2. The Morgan fingerprint density at radius 2 is 2.37 bits per heavy atom. The van der Waals surface area contributed by atoms with E-state index >= 15 is 0 Å². The fourth-order valence-electron chi connectivity index (χ4n) is 1.52. The second-order valence-electron chi connectivity index (χ2n) is 3.94. The van der Waals surface area contributed by atoms with Gasteiger partial charge < -0.3 is 5.10 Å². The summed E-state index contributed by atoms with van der Waals surface area (Å²) in [4.78, 5) is 26.9. The van der Waals surface area contributed by atoms with E-state index in [1.165, 1.54) is 6.21 Å². The van der Waals surface area contributed by atoms with Gasteiger partial charge in [0.05, 0.1) is 12.6 Å². The van der Waals surface area contributed by atoms with E-state index in [0.717, 1.165) is 5.56 Å². The van der Waals surface area contributed by atoms with Crippen LogP contribution in [-0.4, -0.2) is 27.3 Å². The van der Waals surface area contributed by atoms with Gasteiger partial charge in [0.1, 0.15) is 0 Å². The van der Waals surface area contributed by atoms with Gasteiger partial charge in [-0.15, -0.1) is 0 Å². The van der Waals surface area contributed by atoms with E-state index in [4.69, 9.17) is 0 Å². The summed E-state index contributed by atoms with van der Waals surface area (Å²) >= 11 is 0. The van der Waals surface area contributed by atoms with Crippen LogP contribution >= 0.6 is 0 Å². The van der Waals surface area contributed by atoms with Gasteiger partial charge in [-0.1, -0.05) is 6.07 Å². The first-order chi connectivity index (χ1) is 9.16. The van der Waals surface area contributed by atoms with Crippen LogP contribution in [0.4, 0.5) is 0 Å². The molecular weight excluding hydrogens is 246 g/mol. The third kappa shape index (κ3) is 3.38. The highest BCUT2D eigenvalue weighted by molar-refractivity contribution is 5.82. The molecule has 0 saturated heterocycles. The zero-order valence-electron chi connectivity index (χ0n) is 10.3. The fourth-order valence-corrected chi connectivity index (χ4v) is 1.52. The van der Waals surface area contributed by atoms with Crippen LogP contribution in [-0.2, 0) is 11.2 Å². The second kappa shape index (κ2) is 5.76. The van der Waals surface area contributed by atoms with Crippen LogP contribution in [0.15, 0.2) is 34.4 Å². The van der Waals surface area contributed by atoms with Crippen molar-refractivity contribution in [2.45, 2.75) is 13.3 Å². The molecule has 0 aliphatic carbocycles. The van der Waals surface area contributed by atoms with Gasteiger partial charge in [0.25, 0.3) is 5.56 Å². The topological polar surface area (TPSA) is 103 Å². The third-order valence-corrected chi connectivity index (χ3v) is 2.51. The molecule has 7 heteroatoms. The highest BCUT2D eigenvalue weighted by Crippen LogP contribution is 1.97. The number of hydrogen-bond acceptors (Lipinski definition) is 4. The Labute approximate surface area is 108 Å². The Morgan fingerprint density at radius 3 is 3.00 bits per heavy atom. The van der Waals surface area contributed by atoms with E-state index in [2.05, 4.69) is 25.7 Å². The molecule has 0 aliphatic heterocycles. The van der Waals surface area contributed by atoms with Crippen LogP contribution in [0, 0.1) is 6.92 Å². The molecule has 2 aromatic rings. The molecule has 0 aromatic carbocycles. The van der Waals surface area contributed by atoms with Crippen molar-refractivity contribution in [2.24, 2.45) is 5.10 Å². The highest BCUT2D eigenvalue weighted by atomic mass is 16.2. The van der Waals surface area contributed by atoms with Crippen molar-refractivity contribution in [1.29, 1.82) is 0 Å². The number of H-pyrrole nitrogens is 2. The number of nitrogens with one attached hydrogen (secondary N) is 3. The van der Waals surface area contributed by atoms with Crippen LogP contribution in [0.25, 0.3) is 0 Å². The van der Waals surface area contributed by atoms with Crippen molar-refractivity contribution in [3.63, 3.8) is 0 Å². The van der Waals surface area contributed by atoms with Crippen molar-refractivity contribution in [2.75, 3.05) is 0 Å². The number of aromatic amines is 2. The highest BCUT2D eigenvalue weighted by Gasteiger charge is 2.10. The second-order valence-corrected chi connectivity index (χ2v) is 3.94.